The number of hydrogen-bond acceptors (Lipinski definition) is 2. The van der Waals surface area contributed by atoms with E-state index in [1.165, 1.54) is 0 Å². The Labute approximate surface area is 93.6 Å². The van der Waals surface area contributed by atoms with Crippen molar-refractivity contribution in [2.24, 2.45) is 0 Å². The SMILES string of the molecule is CC1(c2ccc(OC(F)F)cc2)CCCN1. The third kappa shape index (κ3) is 2.32. The Hall–Kier alpha value is -1.16. The maximum absolute atomic E-state index is 12.0. The summed E-state index contributed by atoms with van der Waals surface area (Å²) in [5.41, 5.74) is 1.09. The Morgan fingerprint density at radius 2 is 2.00 bits per heavy atom. The van der Waals surface area contributed by atoms with Gasteiger partial charge in [-0.2, -0.15) is 8.78 Å². The lowest BCUT2D eigenvalue weighted by atomic mass is 9.91. The van der Waals surface area contributed by atoms with Gasteiger partial charge in [0.1, 0.15) is 5.75 Å². The average molecular weight is 227 g/mol. The van der Waals surface area contributed by atoms with Crippen LogP contribution in [0.15, 0.2) is 24.3 Å². The normalized spacial score (nSPS) is 25.0. The summed E-state index contributed by atoms with van der Waals surface area (Å²) in [6.07, 6.45) is 2.22. The van der Waals surface area contributed by atoms with Gasteiger partial charge in [0.25, 0.3) is 0 Å². The van der Waals surface area contributed by atoms with Gasteiger partial charge in [0, 0.05) is 5.54 Å². The molecule has 1 unspecified atom stereocenters. The molecule has 1 aromatic carbocycles. The van der Waals surface area contributed by atoms with Gasteiger partial charge in [-0.15, -0.1) is 0 Å². The smallest absolute Gasteiger partial charge is 0.387 e. The molecule has 1 saturated heterocycles. The van der Waals surface area contributed by atoms with E-state index >= 15 is 0 Å². The number of halogens is 2. The summed E-state index contributed by atoms with van der Waals surface area (Å²) >= 11 is 0. The highest BCUT2D eigenvalue weighted by Gasteiger charge is 2.29. The Balaban J connectivity index is 2.12. The fourth-order valence-electron chi connectivity index (χ4n) is 2.15. The van der Waals surface area contributed by atoms with Crippen molar-refractivity contribution in [3.8, 4) is 5.75 Å². The van der Waals surface area contributed by atoms with Crippen molar-refractivity contribution in [1.82, 2.24) is 5.32 Å². The van der Waals surface area contributed by atoms with Crippen LogP contribution in [0.2, 0.25) is 0 Å². The molecule has 4 heteroatoms. The second-order valence-electron chi connectivity index (χ2n) is 4.27. The van der Waals surface area contributed by atoms with Gasteiger partial charge in [0.15, 0.2) is 0 Å². The van der Waals surface area contributed by atoms with Crippen LogP contribution >= 0.6 is 0 Å². The molecule has 0 bridgehead atoms. The molecule has 1 heterocycles. The van der Waals surface area contributed by atoms with E-state index in [2.05, 4.69) is 17.0 Å². The van der Waals surface area contributed by atoms with Crippen molar-refractivity contribution in [2.75, 3.05) is 6.54 Å². The molecule has 88 valence electrons. The molecule has 0 aliphatic carbocycles. The van der Waals surface area contributed by atoms with Gasteiger partial charge in [0.2, 0.25) is 0 Å². The number of benzene rings is 1. The first-order valence-corrected chi connectivity index (χ1v) is 5.40. The van der Waals surface area contributed by atoms with Gasteiger partial charge in [-0.1, -0.05) is 12.1 Å². The van der Waals surface area contributed by atoms with Crippen LogP contribution in [0.4, 0.5) is 8.78 Å². The molecule has 1 atom stereocenters. The molecule has 0 saturated carbocycles. The molecule has 2 rings (SSSR count). The van der Waals surface area contributed by atoms with Crippen molar-refractivity contribution >= 4 is 0 Å². The fourth-order valence-corrected chi connectivity index (χ4v) is 2.15. The number of ether oxygens (including phenoxy) is 1. The highest BCUT2D eigenvalue weighted by molar-refractivity contribution is 5.32. The van der Waals surface area contributed by atoms with Gasteiger partial charge < -0.3 is 10.1 Å². The van der Waals surface area contributed by atoms with Gasteiger partial charge >= 0.3 is 6.61 Å². The van der Waals surface area contributed by atoms with Crippen LogP contribution in [-0.4, -0.2) is 13.2 Å². The number of nitrogens with one attached hydrogen (secondary N) is 1. The van der Waals surface area contributed by atoms with Crippen LogP contribution in [0.3, 0.4) is 0 Å². The maximum atomic E-state index is 12.0. The molecule has 0 radical (unpaired) electrons. The molecular weight excluding hydrogens is 212 g/mol. The second kappa shape index (κ2) is 4.37. The first-order chi connectivity index (χ1) is 7.60. The minimum Gasteiger partial charge on any atom is -0.435 e. The molecule has 0 aromatic heterocycles. The summed E-state index contributed by atoms with van der Waals surface area (Å²) in [4.78, 5) is 0. The van der Waals surface area contributed by atoms with E-state index in [0.717, 1.165) is 24.9 Å². The van der Waals surface area contributed by atoms with Crippen LogP contribution in [0, 0.1) is 0 Å². The number of rotatable bonds is 3. The van der Waals surface area contributed by atoms with Crippen molar-refractivity contribution in [1.29, 1.82) is 0 Å². The monoisotopic (exact) mass is 227 g/mol. The Bertz CT molecular complexity index is 345. The second-order valence-corrected chi connectivity index (χ2v) is 4.27. The molecular formula is C12H15F2NO. The number of hydrogen-bond donors (Lipinski definition) is 1. The van der Waals surface area contributed by atoms with E-state index in [4.69, 9.17) is 0 Å². The number of alkyl halides is 2. The van der Waals surface area contributed by atoms with E-state index < -0.39 is 6.61 Å². The minimum atomic E-state index is -2.76. The molecule has 1 aliphatic rings. The van der Waals surface area contributed by atoms with Crippen LogP contribution in [0.1, 0.15) is 25.3 Å². The quantitative estimate of drug-likeness (QED) is 0.857. The third-order valence-corrected chi connectivity index (χ3v) is 3.09. The molecule has 0 amide bonds. The van der Waals surface area contributed by atoms with Crippen molar-refractivity contribution in [3.05, 3.63) is 29.8 Å². The van der Waals surface area contributed by atoms with Gasteiger partial charge in [0.05, 0.1) is 0 Å². The zero-order chi connectivity index (χ0) is 11.6. The summed E-state index contributed by atoms with van der Waals surface area (Å²) in [5.74, 6) is 0.209. The van der Waals surface area contributed by atoms with Crippen molar-refractivity contribution < 1.29 is 13.5 Å². The molecule has 1 fully saturated rings. The average Bonchev–Trinajstić information content (AvgIpc) is 2.66. The Morgan fingerprint density at radius 1 is 1.31 bits per heavy atom. The van der Waals surface area contributed by atoms with E-state index in [1.807, 2.05) is 12.1 Å². The Morgan fingerprint density at radius 3 is 2.50 bits per heavy atom. The lowest BCUT2D eigenvalue weighted by Crippen LogP contribution is -2.32. The standard InChI is InChI=1S/C12H15F2NO/c1-12(7-2-8-15-12)9-3-5-10(6-4-9)16-11(13)14/h3-6,11,15H,2,7-8H2,1H3. The van der Waals surface area contributed by atoms with Gasteiger partial charge in [-0.25, -0.2) is 0 Å². The van der Waals surface area contributed by atoms with Crippen molar-refractivity contribution in [3.63, 3.8) is 0 Å². The van der Waals surface area contributed by atoms with Crippen LogP contribution in [0.25, 0.3) is 0 Å². The first kappa shape index (κ1) is 11.3. The van der Waals surface area contributed by atoms with Gasteiger partial charge in [-0.05, 0) is 44.0 Å². The molecule has 1 aliphatic heterocycles. The van der Waals surface area contributed by atoms with Gasteiger partial charge in [-0.3, -0.25) is 0 Å². The predicted molar refractivity (Wildman–Crippen MR) is 57.7 cm³/mol. The molecule has 1 aromatic rings. The van der Waals surface area contributed by atoms with Crippen LogP contribution in [0.5, 0.6) is 5.75 Å². The lowest BCUT2D eigenvalue weighted by molar-refractivity contribution is -0.0498. The lowest BCUT2D eigenvalue weighted by Gasteiger charge is -2.25. The summed E-state index contributed by atoms with van der Waals surface area (Å²) in [7, 11) is 0. The summed E-state index contributed by atoms with van der Waals surface area (Å²) in [5, 5.41) is 3.42. The Kier molecular flexibility index (Phi) is 3.10. The highest BCUT2D eigenvalue weighted by Crippen LogP contribution is 2.31. The van der Waals surface area contributed by atoms with Crippen molar-refractivity contribution in [2.45, 2.75) is 31.9 Å². The molecule has 2 nitrogen and oxygen atoms in total. The first-order valence-electron chi connectivity index (χ1n) is 5.40. The summed E-state index contributed by atoms with van der Waals surface area (Å²) in [6.45, 7) is 0.375. The van der Waals surface area contributed by atoms with Crippen LogP contribution in [-0.2, 0) is 5.54 Å². The fraction of sp³-hybridized carbons (Fsp3) is 0.500. The largest absolute Gasteiger partial charge is 0.435 e. The zero-order valence-electron chi connectivity index (χ0n) is 9.17. The predicted octanol–water partition coefficient (Wildman–Crippen LogP) is 2.89. The highest BCUT2D eigenvalue weighted by atomic mass is 19.3. The minimum absolute atomic E-state index is 0.0244. The summed E-state index contributed by atoms with van der Waals surface area (Å²) < 4.78 is 28.2. The van der Waals surface area contributed by atoms with E-state index in [0.29, 0.717) is 0 Å². The van der Waals surface area contributed by atoms with E-state index in [1.54, 1.807) is 12.1 Å². The molecule has 0 spiro atoms. The van der Waals surface area contributed by atoms with Crippen LogP contribution < -0.4 is 10.1 Å². The topological polar surface area (TPSA) is 21.3 Å². The van der Waals surface area contributed by atoms with E-state index in [-0.39, 0.29) is 11.3 Å². The zero-order valence-corrected chi connectivity index (χ0v) is 9.17. The molecule has 16 heavy (non-hydrogen) atoms. The summed E-state index contributed by atoms with van der Waals surface area (Å²) in [6, 6.07) is 6.87. The third-order valence-electron chi connectivity index (χ3n) is 3.09. The maximum Gasteiger partial charge on any atom is 0.387 e. The van der Waals surface area contributed by atoms with E-state index in [9.17, 15) is 8.78 Å². The molecule has 1 N–H and O–H groups in total.